The van der Waals surface area contributed by atoms with E-state index < -0.39 is 5.97 Å². The predicted octanol–water partition coefficient (Wildman–Crippen LogP) is 3.37. The van der Waals surface area contributed by atoms with Crippen LogP contribution in [-0.4, -0.2) is 20.9 Å². The Morgan fingerprint density at radius 1 is 1.19 bits per heavy atom. The average molecular weight is 282 g/mol. The van der Waals surface area contributed by atoms with Crippen LogP contribution in [-0.2, 0) is 7.05 Å². The number of hydrogen-bond acceptors (Lipinski definition) is 3. The largest absolute Gasteiger partial charge is 0.477 e. The van der Waals surface area contributed by atoms with Crippen LogP contribution in [0.2, 0.25) is 0 Å². The van der Waals surface area contributed by atoms with Crippen molar-refractivity contribution < 1.29 is 14.6 Å². The number of carbonyl (C=O) groups is 1. The van der Waals surface area contributed by atoms with Crippen LogP contribution in [0.25, 0.3) is 10.8 Å². The van der Waals surface area contributed by atoms with Crippen molar-refractivity contribution in [3.05, 3.63) is 53.7 Å². The van der Waals surface area contributed by atoms with E-state index in [1.807, 2.05) is 42.5 Å². The molecule has 0 atom stereocenters. The van der Waals surface area contributed by atoms with E-state index in [0.29, 0.717) is 11.4 Å². The van der Waals surface area contributed by atoms with E-state index in [0.717, 1.165) is 10.8 Å². The van der Waals surface area contributed by atoms with Crippen molar-refractivity contribution in [2.24, 2.45) is 7.05 Å². The Balaban J connectivity index is 2.04. The lowest BCUT2D eigenvalue weighted by Gasteiger charge is -2.08. The average Bonchev–Trinajstić information content (AvgIpc) is 2.73. The van der Waals surface area contributed by atoms with Crippen molar-refractivity contribution in [1.29, 1.82) is 0 Å². The van der Waals surface area contributed by atoms with Crippen LogP contribution in [0.1, 0.15) is 16.1 Å². The molecule has 0 unspecified atom stereocenters. The zero-order valence-corrected chi connectivity index (χ0v) is 11.7. The molecular formula is C16H14N2O3. The summed E-state index contributed by atoms with van der Waals surface area (Å²) >= 11 is 0. The lowest BCUT2D eigenvalue weighted by Crippen LogP contribution is -2.01. The molecule has 0 bridgehead atoms. The zero-order valence-electron chi connectivity index (χ0n) is 11.7. The minimum absolute atomic E-state index is 0.0886. The number of carboxylic acid groups (broad SMARTS) is 1. The summed E-state index contributed by atoms with van der Waals surface area (Å²) in [5.41, 5.74) is 0.520. The highest BCUT2D eigenvalue weighted by atomic mass is 16.5. The van der Waals surface area contributed by atoms with Crippen molar-refractivity contribution >= 4 is 16.7 Å². The number of nitrogens with zero attached hydrogens (tertiary/aromatic N) is 2. The molecule has 106 valence electrons. The second-order valence-electron chi connectivity index (χ2n) is 4.81. The monoisotopic (exact) mass is 282 g/mol. The minimum atomic E-state index is -1.05. The molecule has 0 aliphatic rings. The molecule has 1 N–H and O–H groups in total. The highest BCUT2D eigenvalue weighted by Gasteiger charge is 2.21. The van der Waals surface area contributed by atoms with E-state index in [1.165, 1.54) is 4.68 Å². The number of ether oxygens (including phenoxy) is 1. The maximum Gasteiger partial charge on any atom is 0.343 e. The Labute approximate surface area is 121 Å². The zero-order chi connectivity index (χ0) is 15.0. The van der Waals surface area contributed by atoms with Gasteiger partial charge in [0.25, 0.3) is 0 Å². The van der Waals surface area contributed by atoms with Gasteiger partial charge in [0.1, 0.15) is 11.3 Å². The summed E-state index contributed by atoms with van der Waals surface area (Å²) in [6, 6.07) is 13.5. The molecule has 3 aromatic rings. The first-order valence-corrected chi connectivity index (χ1v) is 6.50. The van der Waals surface area contributed by atoms with Gasteiger partial charge in [-0.05, 0) is 29.8 Å². The maximum atomic E-state index is 11.3. The van der Waals surface area contributed by atoms with Gasteiger partial charge in [-0.3, -0.25) is 0 Å². The maximum absolute atomic E-state index is 11.3. The minimum Gasteiger partial charge on any atom is -0.477 e. The molecule has 0 aliphatic heterocycles. The van der Waals surface area contributed by atoms with Gasteiger partial charge < -0.3 is 9.84 Å². The quantitative estimate of drug-likeness (QED) is 0.800. The standard InChI is InChI=1S/C16H14N2O3/c1-10-14(16(19)20)15(18(2)17-10)21-13-8-7-11-5-3-4-6-12(11)9-13/h3-9H,1-2H3,(H,19,20). The topological polar surface area (TPSA) is 64.4 Å². The summed E-state index contributed by atoms with van der Waals surface area (Å²) in [7, 11) is 1.66. The molecule has 21 heavy (non-hydrogen) atoms. The third-order valence-electron chi connectivity index (χ3n) is 3.32. The van der Waals surface area contributed by atoms with Gasteiger partial charge >= 0.3 is 5.97 Å². The van der Waals surface area contributed by atoms with Crippen molar-refractivity contribution in [3.8, 4) is 11.6 Å². The van der Waals surface area contributed by atoms with Gasteiger partial charge in [0, 0.05) is 7.05 Å². The fourth-order valence-electron chi connectivity index (χ4n) is 2.34. The fourth-order valence-corrected chi connectivity index (χ4v) is 2.34. The van der Waals surface area contributed by atoms with Gasteiger partial charge in [-0.2, -0.15) is 5.10 Å². The Kier molecular flexibility index (Phi) is 3.10. The van der Waals surface area contributed by atoms with E-state index >= 15 is 0 Å². The number of rotatable bonds is 3. The van der Waals surface area contributed by atoms with Gasteiger partial charge in [0.05, 0.1) is 5.69 Å². The van der Waals surface area contributed by atoms with Crippen LogP contribution < -0.4 is 4.74 Å². The highest BCUT2D eigenvalue weighted by molar-refractivity contribution is 5.91. The summed E-state index contributed by atoms with van der Waals surface area (Å²) in [6.45, 7) is 1.65. The van der Waals surface area contributed by atoms with Gasteiger partial charge in [-0.1, -0.05) is 30.3 Å². The number of fused-ring (bicyclic) bond motifs is 1. The van der Waals surface area contributed by atoms with Crippen LogP contribution in [0.5, 0.6) is 11.6 Å². The number of benzene rings is 2. The highest BCUT2D eigenvalue weighted by Crippen LogP contribution is 2.29. The van der Waals surface area contributed by atoms with E-state index in [1.54, 1.807) is 14.0 Å². The van der Waals surface area contributed by atoms with E-state index in [9.17, 15) is 9.90 Å². The molecule has 0 saturated carbocycles. The lowest BCUT2D eigenvalue weighted by molar-refractivity contribution is 0.0693. The van der Waals surface area contributed by atoms with Gasteiger partial charge in [0.2, 0.25) is 5.88 Å². The van der Waals surface area contributed by atoms with Crippen LogP contribution in [0.3, 0.4) is 0 Å². The molecule has 0 amide bonds. The van der Waals surface area contributed by atoms with Crippen LogP contribution in [0.4, 0.5) is 0 Å². The number of aromatic nitrogens is 2. The smallest absolute Gasteiger partial charge is 0.343 e. The number of carboxylic acids is 1. The molecule has 1 aromatic heterocycles. The number of hydrogen-bond donors (Lipinski definition) is 1. The summed E-state index contributed by atoms with van der Waals surface area (Å²) in [5, 5.41) is 15.5. The van der Waals surface area contributed by atoms with Crippen LogP contribution in [0, 0.1) is 6.92 Å². The van der Waals surface area contributed by atoms with Crippen LogP contribution in [0.15, 0.2) is 42.5 Å². The second-order valence-corrected chi connectivity index (χ2v) is 4.81. The Hall–Kier alpha value is -2.82. The van der Waals surface area contributed by atoms with Crippen molar-refractivity contribution in [1.82, 2.24) is 9.78 Å². The van der Waals surface area contributed by atoms with Crippen LogP contribution >= 0.6 is 0 Å². The SMILES string of the molecule is Cc1nn(C)c(Oc2ccc3ccccc3c2)c1C(=O)O. The predicted molar refractivity (Wildman–Crippen MR) is 78.9 cm³/mol. The Bertz CT molecular complexity index is 837. The van der Waals surface area contributed by atoms with E-state index in [-0.39, 0.29) is 11.4 Å². The first kappa shape index (κ1) is 13.2. The molecule has 5 heteroatoms. The third kappa shape index (κ3) is 2.33. The summed E-state index contributed by atoms with van der Waals surface area (Å²) < 4.78 is 7.19. The molecule has 3 rings (SSSR count). The molecule has 5 nitrogen and oxygen atoms in total. The van der Waals surface area contributed by atoms with Crippen molar-refractivity contribution in [3.63, 3.8) is 0 Å². The Morgan fingerprint density at radius 2 is 1.90 bits per heavy atom. The number of aryl methyl sites for hydroxylation is 2. The second kappa shape index (κ2) is 4.94. The molecule has 0 spiro atoms. The first-order valence-electron chi connectivity index (χ1n) is 6.50. The molecule has 0 radical (unpaired) electrons. The molecular weight excluding hydrogens is 268 g/mol. The molecule has 0 fully saturated rings. The van der Waals surface area contributed by atoms with Gasteiger partial charge in [-0.25, -0.2) is 9.48 Å². The molecule has 2 aromatic carbocycles. The summed E-state index contributed by atoms with van der Waals surface area (Å²) in [5.74, 6) is -0.231. The Morgan fingerprint density at radius 3 is 2.62 bits per heavy atom. The molecule has 1 heterocycles. The molecule has 0 aliphatic carbocycles. The van der Waals surface area contributed by atoms with E-state index in [2.05, 4.69) is 5.10 Å². The normalized spacial score (nSPS) is 10.8. The third-order valence-corrected chi connectivity index (χ3v) is 3.32. The van der Waals surface area contributed by atoms with E-state index in [4.69, 9.17) is 4.74 Å². The van der Waals surface area contributed by atoms with Gasteiger partial charge in [-0.15, -0.1) is 0 Å². The van der Waals surface area contributed by atoms with Crippen molar-refractivity contribution in [2.45, 2.75) is 6.92 Å². The number of aromatic carboxylic acids is 1. The van der Waals surface area contributed by atoms with Crippen molar-refractivity contribution in [2.75, 3.05) is 0 Å². The van der Waals surface area contributed by atoms with Gasteiger partial charge in [0.15, 0.2) is 0 Å². The summed E-state index contributed by atoms with van der Waals surface area (Å²) in [6.07, 6.45) is 0. The summed E-state index contributed by atoms with van der Waals surface area (Å²) in [4.78, 5) is 11.3. The fraction of sp³-hybridized carbons (Fsp3) is 0.125. The lowest BCUT2D eigenvalue weighted by atomic mass is 10.1. The first-order chi connectivity index (χ1) is 10.1. The molecule has 0 saturated heterocycles.